The number of nitrogens with one attached hydrogen (secondary N) is 1. The minimum absolute atomic E-state index is 0.0389. The molecule has 15 heteroatoms. The van der Waals surface area contributed by atoms with Crippen molar-refractivity contribution in [3.8, 4) is 17.3 Å². The molecular weight excluding hydrogens is 502 g/mol. The molecule has 1 saturated heterocycles. The van der Waals surface area contributed by atoms with E-state index in [2.05, 4.69) is 56.6 Å². The van der Waals surface area contributed by atoms with Crippen molar-refractivity contribution < 1.29 is 24.0 Å². The number of rotatable bonds is 7. The van der Waals surface area contributed by atoms with Gasteiger partial charge in [-0.25, -0.2) is 10.1 Å². The molecule has 0 atom stereocenters. The minimum Gasteiger partial charge on any atom is -0.503 e. The van der Waals surface area contributed by atoms with Crippen molar-refractivity contribution in [2.75, 3.05) is 39.1 Å². The molecule has 1 fully saturated rings. The second-order valence-corrected chi connectivity index (χ2v) is 7.77. The summed E-state index contributed by atoms with van der Waals surface area (Å²) in [6.07, 6.45) is 1.40. The van der Waals surface area contributed by atoms with Crippen LogP contribution in [0.2, 0.25) is 0 Å². The lowest BCUT2D eigenvalue weighted by Crippen LogP contribution is -2.36. The van der Waals surface area contributed by atoms with Gasteiger partial charge < -0.3 is 20.3 Å². The van der Waals surface area contributed by atoms with Crippen LogP contribution in [0.25, 0.3) is 5.82 Å². The summed E-state index contributed by atoms with van der Waals surface area (Å²) in [5, 5.41) is 29.3. The van der Waals surface area contributed by atoms with Crippen LogP contribution in [0.4, 0.5) is 5.82 Å². The summed E-state index contributed by atoms with van der Waals surface area (Å²) in [5.74, 6) is -0.387. The van der Waals surface area contributed by atoms with E-state index in [1.54, 1.807) is 12.1 Å². The van der Waals surface area contributed by atoms with E-state index in [1.807, 2.05) is 0 Å². The molecule has 1 aromatic carbocycles. The van der Waals surface area contributed by atoms with Crippen LogP contribution in [0.3, 0.4) is 0 Å². The highest BCUT2D eigenvalue weighted by atomic mass is 79.9. The van der Waals surface area contributed by atoms with E-state index in [4.69, 9.17) is 15.2 Å². The zero-order valence-corrected chi connectivity index (χ0v) is 19.0. The van der Waals surface area contributed by atoms with E-state index in [0.717, 1.165) is 4.68 Å². The summed E-state index contributed by atoms with van der Waals surface area (Å²) in [7, 11) is 1.43. The highest BCUT2D eigenvalue weighted by Crippen LogP contribution is 2.34. The van der Waals surface area contributed by atoms with Gasteiger partial charge in [-0.05, 0) is 43.9 Å². The Balaban J connectivity index is 1.59. The third-order valence-electron chi connectivity index (χ3n) is 4.78. The number of aromatic nitrogens is 5. The summed E-state index contributed by atoms with van der Waals surface area (Å²) >= 11 is 3.24. The Morgan fingerprint density at radius 2 is 2.18 bits per heavy atom. The number of nitrogens with zero attached hydrogens (tertiary/aromatic N) is 7. The molecule has 1 aliphatic rings. The number of phenolic OH excluding ortho intramolecular Hbond substituents is 1. The SMILES string of the molecule is COc1cc(C=NNC(=O)c2c(CN3CCOCC3)nnn2-c2nonc2N)cc(Br)c1O. The molecule has 3 heterocycles. The zero-order valence-electron chi connectivity index (χ0n) is 17.4. The van der Waals surface area contributed by atoms with Gasteiger partial charge in [0.2, 0.25) is 11.6 Å². The smallest absolute Gasteiger partial charge is 0.292 e. The number of aromatic hydroxyl groups is 1. The predicted octanol–water partition coefficient (Wildman–Crippen LogP) is 0.305. The number of methoxy groups -OCH3 is 1. The first kappa shape index (κ1) is 22.6. The Labute approximate surface area is 195 Å². The molecule has 1 aliphatic heterocycles. The largest absolute Gasteiger partial charge is 0.503 e. The average molecular weight is 522 g/mol. The fourth-order valence-electron chi connectivity index (χ4n) is 3.15. The van der Waals surface area contributed by atoms with Crippen molar-refractivity contribution in [2.24, 2.45) is 5.10 Å². The van der Waals surface area contributed by atoms with Crippen molar-refractivity contribution in [1.29, 1.82) is 0 Å². The van der Waals surface area contributed by atoms with Crippen LogP contribution < -0.4 is 15.9 Å². The second kappa shape index (κ2) is 9.93. The molecule has 0 bridgehead atoms. The number of nitrogens with two attached hydrogens (primary N) is 1. The van der Waals surface area contributed by atoms with Crippen LogP contribution in [0.15, 0.2) is 26.3 Å². The number of phenols is 1. The molecule has 14 nitrogen and oxygen atoms in total. The number of hydrogen-bond donors (Lipinski definition) is 3. The number of hydrazone groups is 1. The molecule has 0 unspecified atom stereocenters. The van der Waals surface area contributed by atoms with E-state index in [9.17, 15) is 9.90 Å². The zero-order chi connectivity index (χ0) is 23.4. The standard InChI is InChI=1S/C18H20BrN9O5/c1-31-13-7-10(6-11(19)15(13)29)8-21-23-18(30)14-12(9-27-2-4-32-5-3-27)22-26-28(14)17-16(20)24-33-25-17/h6-8,29H,2-5,9H2,1H3,(H2,20,24)(H,23,30). The first-order valence-electron chi connectivity index (χ1n) is 9.71. The van der Waals surface area contributed by atoms with Gasteiger partial charge in [0.25, 0.3) is 5.91 Å². The lowest BCUT2D eigenvalue weighted by Gasteiger charge is -2.25. The Morgan fingerprint density at radius 3 is 2.88 bits per heavy atom. The molecule has 2 aromatic heterocycles. The number of anilines is 1. The molecule has 0 aliphatic carbocycles. The maximum absolute atomic E-state index is 13.1. The third kappa shape index (κ3) is 4.94. The number of nitrogen functional groups attached to an aromatic ring is 1. The normalized spacial score (nSPS) is 14.6. The lowest BCUT2D eigenvalue weighted by atomic mass is 10.2. The number of ether oxygens (including phenoxy) is 2. The third-order valence-corrected chi connectivity index (χ3v) is 5.38. The van der Waals surface area contributed by atoms with Crippen molar-refractivity contribution in [1.82, 2.24) is 35.6 Å². The number of hydrogen-bond acceptors (Lipinski definition) is 12. The molecule has 0 spiro atoms. The molecule has 3 aromatic rings. The summed E-state index contributed by atoms with van der Waals surface area (Å²) in [6, 6.07) is 3.18. The minimum atomic E-state index is -0.591. The predicted molar refractivity (Wildman–Crippen MR) is 117 cm³/mol. The number of carbonyl (C=O) groups excluding carboxylic acids is 1. The van der Waals surface area contributed by atoms with Gasteiger partial charge in [-0.1, -0.05) is 5.21 Å². The molecule has 4 rings (SSSR count). The van der Waals surface area contributed by atoms with E-state index < -0.39 is 5.91 Å². The van der Waals surface area contributed by atoms with Crippen LogP contribution in [-0.4, -0.2) is 80.8 Å². The Kier molecular flexibility index (Phi) is 6.81. The van der Waals surface area contributed by atoms with E-state index >= 15 is 0 Å². The van der Waals surface area contributed by atoms with Gasteiger partial charge in [0.05, 0.1) is 31.0 Å². The van der Waals surface area contributed by atoms with Gasteiger partial charge in [-0.3, -0.25) is 9.69 Å². The van der Waals surface area contributed by atoms with E-state index in [0.29, 0.717) is 48.6 Å². The second-order valence-electron chi connectivity index (χ2n) is 6.91. The van der Waals surface area contributed by atoms with Crippen molar-refractivity contribution >= 4 is 33.9 Å². The van der Waals surface area contributed by atoms with Crippen LogP contribution >= 0.6 is 15.9 Å². The Hall–Kier alpha value is -3.56. The monoisotopic (exact) mass is 521 g/mol. The van der Waals surface area contributed by atoms with Gasteiger partial charge >= 0.3 is 0 Å². The Morgan fingerprint density at radius 1 is 1.39 bits per heavy atom. The number of amides is 1. The van der Waals surface area contributed by atoms with Crippen molar-refractivity contribution in [3.63, 3.8) is 0 Å². The number of carbonyl (C=O) groups is 1. The highest BCUT2D eigenvalue weighted by Gasteiger charge is 2.26. The maximum atomic E-state index is 13.1. The lowest BCUT2D eigenvalue weighted by molar-refractivity contribution is 0.0335. The van der Waals surface area contributed by atoms with Gasteiger partial charge in [-0.2, -0.15) is 9.78 Å². The fraction of sp³-hybridized carbons (Fsp3) is 0.333. The van der Waals surface area contributed by atoms with Gasteiger partial charge in [-0.15, -0.1) is 5.10 Å². The van der Waals surface area contributed by atoms with Gasteiger partial charge in [0, 0.05) is 19.6 Å². The molecule has 0 saturated carbocycles. The summed E-state index contributed by atoms with van der Waals surface area (Å²) < 4.78 is 16.7. The van der Waals surface area contributed by atoms with Crippen LogP contribution in [0, 0.1) is 0 Å². The number of morpholine rings is 1. The van der Waals surface area contributed by atoms with Crippen molar-refractivity contribution in [2.45, 2.75) is 6.54 Å². The van der Waals surface area contributed by atoms with Gasteiger partial charge in [0.1, 0.15) is 5.69 Å². The summed E-state index contributed by atoms with van der Waals surface area (Å²) in [6.45, 7) is 2.93. The first-order chi connectivity index (χ1) is 16.0. The topological polar surface area (TPSA) is 179 Å². The van der Waals surface area contributed by atoms with Crippen LogP contribution in [0.1, 0.15) is 21.7 Å². The van der Waals surface area contributed by atoms with Crippen LogP contribution in [0.5, 0.6) is 11.5 Å². The molecule has 0 radical (unpaired) electrons. The van der Waals surface area contributed by atoms with Gasteiger partial charge in [0.15, 0.2) is 17.2 Å². The van der Waals surface area contributed by atoms with Crippen LogP contribution in [-0.2, 0) is 11.3 Å². The molecule has 4 N–H and O–H groups in total. The Bertz CT molecular complexity index is 1170. The van der Waals surface area contributed by atoms with Crippen molar-refractivity contribution in [3.05, 3.63) is 33.6 Å². The average Bonchev–Trinajstić information content (AvgIpc) is 3.42. The highest BCUT2D eigenvalue weighted by molar-refractivity contribution is 9.10. The summed E-state index contributed by atoms with van der Waals surface area (Å²) in [4.78, 5) is 15.2. The quantitative estimate of drug-likeness (QED) is 0.287. The molecular formula is C18H20BrN9O5. The molecule has 174 valence electrons. The number of halogens is 1. The van der Waals surface area contributed by atoms with E-state index in [-0.39, 0.29) is 28.8 Å². The molecule has 1 amide bonds. The number of benzene rings is 1. The fourth-order valence-corrected chi connectivity index (χ4v) is 3.61. The summed E-state index contributed by atoms with van der Waals surface area (Å²) in [5.41, 5.74) is 9.30. The van der Waals surface area contributed by atoms with E-state index in [1.165, 1.54) is 13.3 Å². The first-order valence-corrected chi connectivity index (χ1v) is 10.5. The maximum Gasteiger partial charge on any atom is 0.292 e. The molecule has 33 heavy (non-hydrogen) atoms.